The summed E-state index contributed by atoms with van der Waals surface area (Å²) in [7, 11) is 0. The second-order valence-corrected chi connectivity index (χ2v) is 8.76. The van der Waals surface area contributed by atoms with Gasteiger partial charge in [0.1, 0.15) is 0 Å². The maximum Gasteiger partial charge on any atom is 0.161 e. The molecule has 162 valence electrons. The molecule has 0 radical (unpaired) electrons. The Morgan fingerprint density at radius 2 is 1.63 bits per heavy atom. The molecule has 1 aromatic heterocycles. The fraction of sp³-hybridized carbons (Fsp3) is 0.462. The zero-order valence-corrected chi connectivity index (χ0v) is 19.1. The number of aryl methyl sites for hydroxylation is 1. The van der Waals surface area contributed by atoms with Crippen LogP contribution in [0.4, 0.5) is 0 Å². The van der Waals surface area contributed by atoms with E-state index in [0.717, 1.165) is 48.6 Å². The maximum atomic E-state index is 5.87. The molecular weight excluding hydrogens is 372 g/mol. The van der Waals surface area contributed by atoms with Crippen LogP contribution < -0.4 is 15.2 Å². The zero-order chi connectivity index (χ0) is 21.7. The van der Waals surface area contributed by atoms with E-state index in [1.54, 1.807) is 0 Å². The number of hydrogen-bond acceptors (Lipinski definition) is 3. The molecular formula is C26H36N2O2. The van der Waals surface area contributed by atoms with E-state index in [1.807, 2.05) is 19.9 Å². The highest BCUT2D eigenvalue weighted by molar-refractivity contribution is 5.91. The fourth-order valence-electron chi connectivity index (χ4n) is 3.87. The van der Waals surface area contributed by atoms with Crippen molar-refractivity contribution in [2.45, 2.75) is 59.3 Å². The minimum atomic E-state index is 0.113. The number of hydrogen-bond donors (Lipinski definition) is 2. The number of rotatable bonds is 9. The van der Waals surface area contributed by atoms with Gasteiger partial charge >= 0.3 is 0 Å². The molecule has 0 spiro atoms. The highest BCUT2D eigenvalue weighted by Crippen LogP contribution is 2.38. The first kappa shape index (κ1) is 22.2. The van der Waals surface area contributed by atoms with Gasteiger partial charge in [0.25, 0.3) is 0 Å². The summed E-state index contributed by atoms with van der Waals surface area (Å²) in [6.07, 6.45) is 3.10. The number of fused-ring (bicyclic) bond motifs is 1. The number of nitrogens with two attached hydrogens (primary N) is 1. The summed E-state index contributed by atoms with van der Waals surface area (Å²) in [5, 5.41) is 1.31. The fourth-order valence-corrected chi connectivity index (χ4v) is 3.87. The molecule has 1 heterocycles. The molecule has 2 aromatic carbocycles. The van der Waals surface area contributed by atoms with Crippen molar-refractivity contribution < 1.29 is 9.47 Å². The molecule has 0 bridgehead atoms. The van der Waals surface area contributed by atoms with Crippen LogP contribution in [0.3, 0.4) is 0 Å². The SMILES string of the molecule is CCOc1ccc(-c2[nH]c3ccc(C(C)(C)C)cc3c2CCCCN)cc1OCC. The summed E-state index contributed by atoms with van der Waals surface area (Å²) in [5.41, 5.74) is 12.1. The number of aromatic amines is 1. The van der Waals surface area contributed by atoms with E-state index >= 15 is 0 Å². The van der Waals surface area contributed by atoms with E-state index in [0.29, 0.717) is 13.2 Å². The maximum absolute atomic E-state index is 5.87. The van der Waals surface area contributed by atoms with Crippen molar-refractivity contribution in [3.8, 4) is 22.8 Å². The van der Waals surface area contributed by atoms with Crippen molar-refractivity contribution in [3.05, 3.63) is 47.5 Å². The molecule has 30 heavy (non-hydrogen) atoms. The standard InChI is InChI=1S/C26H36N2O2/c1-6-29-23-14-11-18(16-24(23)30-7-2)25-20(10-8-9-15-27)21-17-19(26(3,4)5)12-13-22(21)28-25/h11-14,16-17,28H,6-10,15,27H2,1-5H3. The molecule has 3 rings (SSSR count). The van der Waals surface area contributed by atoms with Crippen molar-refractivity contribution in [1.29, 1.82) is 0 Å². The molecule has 3 N–H and O–H groups in total. The van der Waals surface area contributed by atoms with Gasteiger partial charge in [-0.3, -0.25) is 0 Å². The first-order valence-corrected chi connectivity index (χ1v) is 11.1. The number of benzene rings is 2. The highest BCUT2D eigenvalue weighted by atomic mass is 16.5. The summed E-state index contributed by atoms with van der Waals surface area (Å²) in [6.45, 7) is 12.7. The van der Waals surface area contributed by atoms with Crippen LogP contribution in [0.15, 0.2) is 36.4 Å². The lowest BCUT2D eigenvalue weighted by molar-refractivity contribution is 0.288. The van der Waals surface area contributed by atoms with Gasteiger partial charge in [-0.15, -0.1) is 0 Å². The molecule has 0 saturated carbocycles. The van der Waals surface area contributed by atoms with Crippen LogP contribution in [0.25, 0.3) is 22.2 Å². The minimum Gasteiger partial charge on any atom is -0.490 e. The number of unbranched alkanes of at least 4 members (excludes halogenated alkanes) is 1. The Labute approximate surface area is 180 Å². The molecule has 3 aromatic rings. The number of ether oxygens (including phenoxy) is 2. The van der Waals surface area contributed by atoms with Crippen molar-refractivity contribution in [2.24, 2.45) is 5.73 Å². The number of H-pyrrole nitrogens is 1. The smallest absolute Gasteiger partial charge is 0.161 e. The van der Waals surface area contributed by atoms with Crippen LogP contribution >= 0.6 is 0 Å². The van der Waals surface area contributed by atoms with Gasteiger partial charge in [-0.2, -0.15) is 0 Å². The Balaban J connectivity index is 2.14. The Bertz CT molecular complexity index is 983. The molecule has 4 heteroatoms. The summed E-state index contributed by atoms with van der Waals surface area (Å²) < 4.78 is 11.6. The average Bonchev–Trinajstić information content (AvgIpc) is 3.07. The highest BCUT2D eigenvalue weighted by Gasteiger charge is 2.19. The summed E-state index contributed by atoms with van der Waals surface area (Å²) in [4.78, 5) is 3.68. The van der Waals surface area contributed by atoms with Crippen LogP contribution in [0.5, 0.6) is 11.5 Å². The van der Waals surface area contributed by atoms with E-state index in [4.69, 9.17) is 15.2 Å². The Morgan fingerprint density at radius 1 is 0.900 bits per heavy atom. The van der Waals surface area contributed by atoms with Crippen molar-refractivity contribution >= 4 is 10.9 Å². The summed E-state index contributed by atoms with van der Waals surface area (Å²) in [5.74, 6) is 1.58. The predicted molar refractivity (Wildman–Crippen MR) is 127 cm³/mol. The Hall–Kier alpha value is -2.46. The Kier molecular flexibility index (Phi) is 7.09. The molecule has 0 aliphatic carbocycles. The quantitative estimate of drug-likeness (QED) is 0.414. The molecule has 4 nitrogen and oxygen atoms in total. The van der Waals surface area contributed by atoms with Crippen molar-refractivity contribution in [3.63, 3.8) is 0 Å². The largest absolute Gasteiger partial charge is 0.490 e. The lowest BCUT2D eigenvalue weighted by Gasteiger charge is -2.19. The normalized spacial score (nSPS) is 11.8. The van der Waals surface area contributed by atoms with Crippen molar-refractivity contribution in [2.75, 3.05) is 19.8 Å². The van der Waals surface area contributed by atoms with Crippen molar-refractivity contribution in [1.82, 2.24) is 4.98 Å². The van der Waals surface area contributed by atoms with Crippen LogP contribution in [0.2, 0.25) is 0 Å². The molecule has 0 aliphatic heterocycles. The average molecular weight is 409 g/mol. The van der Waals surface area contributed by atoms with Gasteiger partial charge in [-0.1, -0.05) is 26.8 Å². The lowest BCUT2D eigenvalue weighted by Crippen LogP contribution is -2.10. The van der Waals surface area contributed by atoms with Crippen LogP contribution in [-0.2, 0) is 11.8 Å². The van der Waals surface area contributed by atoms with Gasteiger partial charge in [-0.05, 0) is 86.5 Å². The molecule has 0 unspecified atom stereocenters. The monoisotopic (exact) mass is 408 g/mol. The first-order chi connectivity index (χ1) is 14.4. The molecule has 0 aliphatic rings. The second kappa shape index (κ2) is 9.57. The Morgan fingerprint density at radius 3 is 2.30 bits per heavy atom. The molecule has 0 atom stereocenters. The third-order valence-electron chi connectivity index (χ3n) is 5.49. The third kappa shape index (κ3) is 4.81. The van der Waals surface area contributed by atoms with Gasteiger partial charge in [0.15, 0.2) is 11.5 Å². The predicted octanol–water partition coefficient (Wildman–Crippen LogP) is 6.21. The van der Waals surface area contributed by atoms with E-state index in [9.17, 15) is 0 Å². The van der Waals surface area contributed by atoms with Crippen LogP contribution in [0, 0.1) is 0 Å². The number of nitrogens with one attached hydrogen (secondary N) is 1. The van der Waals surface area contributed by atoms with Gasteiger partial charge in [0, 0.05) is 22.2 Å². The third-order valence-corrected chi connectivity index (χ3v) is 5.49. The lowest BCUT2D eigenvalue weighted by atomic mass is 9.86. The molecule has 0 amide bonds. The summed E-state index contributed by atoms with van der Waals surface area (Å²) >= 11 is 0. The molecule has 0 saturated heterocycles. The van der Waals surface area contributed by atoms with Gasteiger partial charge in [0.2, 0.25) is 0 Å². The summed E-state index contributed by atoms with van der Waals surface area (Å²) in [6, 6.07) is 13.0. The van der Waals surface area contributed by atoms with E-state index in [2.05, 4.69) is 56.1 Å². The van der Waals surface area contributed by atoms with Gasteiger partial charge in [-0.25, -0.2) is 0 Å². The zero-order valence-electron chi connectivity index (χ0n) is 19.1. The second-order valence-electron chi connectivity index (χ2n) is 8.76. The topological polar surface area (TPSA) is 60.3 Å². The van der Waals surface area contributed by atoms with E-state index in [1.165, 1.54) is 22.0 Å². The van der Waals surface area contributed by atoms with Gasteiger partial charge < -0.3 is 20.2 Å². The first-order valence-electron chi connectivity index (χ1n) is 11.1. The molecule has 0 fully saturated rings. The van der Waals surface area contributed by atoms with Crippen LogP contribution in [-0.4, -0.2) is 24.7 Å². The number of aromatic nitrogens is 1. The van der Waals surface area contributed by atoms with Gasteiger partial charge in [0.05, 0.1) is 13.2 Å². The minimum absolute atomic E-state index is 0.113. The van der Waals surface area contributed by atoms with E-state index in [-0.39, 0.29) is 5.41 Å². The van der Waals surface area contributed by atoms with E-state index < -0.39 is 0 Å². The van der Waals surface area contributed by atoms with Crippen LogP contribution in [0.1, 0.15) is 58.6 Å².